The predicted molar refractivity (Wildman–Crippen MR) is 130 cm³/mol. The summed E-state index contributed by atoms with van der Waals surface area (Å²) in [5.41, 5.74) is 2.38. The summed E-state index contributed by atoms with van der Waals surface area (Å²) in [6.07, 6.45) is 1.03. The Kier molecular flexibility index (Phi) is 7.80. The third kappa shape index (κ3) is 6.20. The summed E-state index contributed by atoms with van der Waals surface area (Å²) in [7, 11) is -3.48. The molecule has 0 saturated carbocycles. The second-order valence-corrected chi connectivity index (χ2v) is 10.9. The molecular weight excluding hydrogens is 436 g/mol. The van der Waals surface area contributed by atoms with E-state index in [-0.39, 0.29) is 5.91 Å². The molecule has 2 fully saturated rings. The number of piperazine rings is 2. The number of hydrogen-bond donors (Lipinski definition) is 0. The van der Waals surface area contributed by atoms with Gasteiger partial charge in [-0.1, -0.05) is 48.0 Å². The van der Waals surface area contributed by atoms with E-state index in [1.54, 1.807) is 12.1 Å². The first kappa shape index (κ1) is 23.9. The highest BCUT2D eigenvalue weighted by molar-refractivity contribution is 7.89. The Balaban J connectivity index is 1.19. The van der Waals surface area contributed by atoms with Gasteiger partial charge in [0.15, 0.2) is 0 Å². The van der Waals surface area contributed by atoms with Crippen LogP contribution in [0.2, 0.25) is 0 Å². The van der Waals surface area contributed by atoms with Crippen molar-refractivity contribution in [2.75, 3.05) is 65.4 Å². The molecule has 7 nitrogen and oxygen atoms in total. The quantitative estimate of drug-likeness (QED) is 0.616. The number of nitrogens with zero attached hydrogens (tertiary/aromatic N) is 4. The van der Waals surface area contributed by atoms with Crippen molar-refractivity contribution in [2.24, 2.45) is 0 Å². The van der Waals surface area contributed by atoms with Crippen LogP contribution in [0, 0.1) is 6.92 Å². The van der Waals surface area contributed by atoms with Crippen LogP contribution < -0.4 is 0 Å². The van der Waals surface area contributed by atoms with E-state index in [2.05, 4.69) is 34.1 Å². The van der Waals surface area contributed by atoms with E-state index in [1.165, 1.54) is 9.87 Å². The van der Waals surface area contributed by atoms with Gasteiger partial charge in [-0.2, -0.15) is 4.31 Å². The maximum absolute atomic E-state index is 12.9. The highest BCUT2D eigenvalue weighted by atomic mass is 32.2. The number of rotatable bonds is 7. The number of aryl methyl sites for hydroxylation is 1. The lowest BCUT2D eigenvalue weighted by molar-refractivity contribution is -0.134. The van der Waals surface area contributed by atoms with Crippen molar-refractivity contribution in [2.45, 2.75) is 18.2 Å². The van der Waals surface area contributed by atoms with Gasteiger partial charge in [0, 0.05) is 58.9 Å². The van der Waals surface area contributed by atoms with E-state index in [0.717, 1.165) is 44.7 Å². The van der Waals surface area contributed by atoms with Crippen LogP contribution in [0.5, 0.6) is 0 Å². The van der Waals surface area contributed by atoms with E-state index in [0.29, 0.717) is 37.6 Å². The molecular formula is C25H34N4O3S. The summed E-state index contributed by atoms with van der Waals surface area (Å²) in [6.45, 7) is 8.63. The second-order valence-electron chi connectivity index (χ2n) is 8.95. The number of amides is 1. The van der Waals surface area contributed by atoms with Crippen LogP contribution >= 0.6 is 0 Å². The topological polar surface area (TPSA) is 64.2 Å². The molecule has 0 N–H and O–H groups in total. The average molecular weight is 471 g/mol. The number of carbonyl (C=O) groups excluding carboxylic acids is 1. The molecule has 4 rings (SSSR count). The first-order chi connectivity index (χ1) is 15.9. The van der Waals surface area contributed by atoms with Gasteiger partial charge in [-0.25, -0.2) is 8.42 Å². The average Bonchev–Trinajstić information content (AvgIpc) is 2.84. The highest BCUT2D eigenvalue weighted by Crippen LogP contribution is 2.18. The fourth-order valence-corrected chi connectivity index (χ4v) is 5.85. The molecule has 2 aromatic rings. The third-order valence-electron chi connectivity index (χ3n) is 6.63. The van der Waals surface area contributed by atoms with Gasteiger partial charge in [0.2, 0.25) is 15.9 Å². The maximum atomic E-state index is 12.9. The van der Waals surface area contributed by atoms with Crippen LogP contribution in [0.3, 0.4) is 0 Å². The van der Waals surface area contributed by atoms with Gasteiger partial charge in [0.1, 0.15) is 0 Å². The molecule has 2 aliphatic heterocycles. The molecule has 178 valence electrons. The first-order valence-corrected chi connectivity index (χ1v) is 13.2. The molecule has 1 amide bonds. The van der Waals surface area contributed by atoms with E-state index < -0.39 is 10.0 Å². The molecule has 2 saturated heterocycles. The number of hydrogen-bond acceptors (Lipinski definition) is 5. The van der Waals surface area contributed by atoms with E-state index in [1.807, 2.05) is 30.0 Å². The van der Waals surface area contributed by atoms with Gasteiger partial charge < -0.3 is 4.90 Å². The molecule has 0 bridgehead atoms. The molecule has 8 heteroatoms. The predicted octanol–water partition coefficient (Wildman–Crippen LogP) is 1.69. The number of sulfonamides is 1. The molecule has 0 unspecified atom stereocenters. The molecule has 2 aromatic carbocycles. The zero-order chi connectivity index (χ0) is 23.3. The summed E-state index contributed by atoms with van der Waals surface area (Å²) < 4.78 is 27.3. The largest absolute Gasteiger partial charge is 0.339 e. The third-order valence-corrected chi connectivity index (χ3v) is 8.55. The van der Waals surface area contributed by atoms with Crippen LogP contribution in [-0.4, -0.2) is 98.8 Å². The smallest absolute Gasteiger partial charge is 0.243 e. The van der Waals surface area contributed by atoms with Crippen LogP contribution in [0.15, 0.2) is 59.5 Å². The summed E-state index contributed by atoms with van der Waals surface area (Å²) in [5, 5.41) is 0. The summed E-state index contributed by atoms with van der Waals surface area (Å²) >= 11 is 0. The highest BCUT2D eigenvalue weighted by Gasteiger charge is 2.30. The SMILES string of the molecule is Cc1ccc(S(=O)(=O)N2CCN(CC(=O)N3CCN(CCc4ccccc4)CC3)CC2)cc1. The Hall–Kier alpha value is -2.26. The normalized spacial score (nSPS) is 19.0. The van der Waals surface area contributed by atoms with E-state index in [4.69, 9.17) is 0 Å². The Morgan fingerprint density at radius 2 is 1.39 bits per heavy atom. The molecule has 0 aromatic heterocycles. The van der Waals surface area contributed by atoms with Crippen molar-refractivity contribution in [1.29, 1.82) is 0 Å². The Morgan fingerprint density at radius 1 is 0.788 bits per heavy atom. The second kappa shape index (κ2) is 10.8. The van der Waals surface area contributed by atoms with Gasteiger partial charge in [-0.3, -0.25) is 14.6 Å². The van der Waals surface area contributed by atoms with Crippen LogP contribution in [0.25, 0.3) is 0 Å². The number of benzene rings is 2. The fraction of sp³-hybridized carbons (Fsp3) is 0.480. The van der Waals surface area contributed by atoms with Crippen molar-refractivity contribution in [3.05, 3.63) is 65.7 Å². The van der Waals surface area contributed by atoms with Crippen LogP contribution in [-0.2, 0) is 21.2 Å². The lowest BCUT2D eigenvalue weighted by atomic mass is 10.1. The summed E-state index contributed by atoms with van der Waals surface area (Å²) in [6, 6.07) is 17.5. The van der Waals surface area contributed by atoms with E-state index in [9.17, 15) is 13.2 Å². The lowest BCUT2D eigenvalue weighted by Gasteiger charge is -2.37. The molecule has 0 aliphatic carbocycles. The van der Waals surface area contributed by atoms with E-state index >= 15 is 0 Å². The molecule has 2 aliphatic rings. The molecule has 0 radical (unpaired) electrons. The minimum absolute atomic E-state index is 0.146. The monoisotopic (exact) mass is 470 g/mol. The van der Waals surface area contributed by atoms with Crippen molar-refractivity contribution in [3.63, 3.8) is 0 Å². The summed E-state index contributed by atoms with van der Waals surface area (Å²) in [4.78, 5) is 19.6. The molecule has 2 heterocycles. The first-order valence-electron chi connectivity index (χ1n) is 11.7. The molecule has 0 atom stereocenters. The van der Waals surface area contributed by atoms with Crippen LogP contribution in [0.4, 0.5) is 0 Å². The number of carbonyl (C=O) groups is 1. The van der Waals surface area contributed by atoms with Gasteiger partial charge >= 0.3 is 0 Å². The zero-order valence-electron chi connectivity index (χ0n) is 19.4. The van der Waals surface area contributed by atoms with Gasteiger partial charge in [-0.05, 0) is 31.0 Å². The Labute approximate surface area is 197 Å². The fourth-order valence-electron chi connectivity index (χ4n) is 4.43. The van der Waals surface area contributed by atoms with Crippen LogP contribution in [0.1, 0.15) is 11.1 Å². The Morgan fingerprint density at radius 3 is 2.03 bits per heavy atom. The van der Waals surface area contributed by atoms with Crippen molar-refractivity contribution in [1.82, 2.24) is 19.0 Å². The zero-order valence-corrected chi connectivity index (χ0v) is 20.2. The molecule has 0 spiro atoms. The Bertz CT molecular complexity index is 1010. The van der Waals surface area contributed by atoms with Gasteiger partial charge in [-0.15, -0.1) is 0 Å². The minimum Gasteiger partial charge on any atom is -0.339 e. The lowest BCUT2D eigenvalue weighted by Crippen LogP contribution is -2.54. The van der Waals surface area contributed by atoms with Gasteiger partial charge in [0.05, 0.1) is 11.4 Å². The summed E-state index contributed by atoms with van der Waals surface area (Å²) in [5.74, 6) is 0.146. The van der Waals surface area contributed by atoms with Crippen molar-refractivity contribution >= 4 is 15.9 Å². The molecule has 33 heavy (non-hydrogen) atoms. The standard InChI is InChI=1S/C25H34N4O3S/c1-22-7-9-24(10-8-22)33(31,32)29-19-15-27(16-20-29)21-25(30)28-17-13-26(14-18-28)12-11-23-5-3-2-4-6-23/h2-10H,11-21H2,1H3. The minimum atomic E-state index is -3.48. The van der Waals surface area contributed by atoms with Crippen molar-refractivity contribution in [3.8, 4) is 0 Å². The van der Waals surface area contributed by atoms with Crippen molar-refractivity contribution < 1.29 is 13.2 Å². The van der Waals surface area contributed by atoms with Gasteiger partial charge in [0.25, 0.3) is 0 Å². The maximum Gasteiger partial charge on any atom is 0.243 e.